The van der Waals surface area contributed by atoms with Gasteiger partial charge < -0.3 is 10.6 Å². The highest BCUT2D eigenvalue weighted by Gasteiger charge is 2.19. The zero-order valence-electron chi connectivity index (χ0n) is 9.32. The van der Waals surface area contributed by atoms with E-state index in [2.05, 4.69) is 45.1 Å². The van der Waals surface area contributed by atoms with Crippen molar-refractivity contribution in [1.82, 2.24) is 0 Å². The van der Waals surface area contributed by atoms with Gasteiger partial charge in [0.1, 0.15) is 0 Å². The van der Waals surface area contributed by atoms with Gasteiger partial charge in [0.25, 0.3) is 0 Å². The van der Waals surface area contributed by atoms with Gasteiger partial charge in [-0.2, -0.15) is 0 Å². The van der Waals surface area contributed by atoms with Gasteiger partial charge in [0.05, 0.1) is 10.3 Å². The van der Waals surface area contributed by atoms with Gasteiger partial charge in [0, 0.05) is 22.8 Å². The van der Waals surface area contributed by atoms with Crippen molar-refractivity contribution < 1.29 is 0 Å². The van der Waals surface area contributed by atoms with Gasteiger partial charge in [-0.3, -0.25) is 0 Å². The molecule has 2 N–H and O–H groups in total. The number of hydrogen-bond acceptors (Lipinski definition) is 3. The Balaban J connectivity index is 1.84. The first kappa shape index (κ1) is 11.1. The lowest BCUT2D eigenvalue weighted by Crippen LogP contribution is -2.18. The zero-order chi connectivity index (χ0) is 11.8. The van der Waals surface area contributed by atoms with Crippen LogP contribution < -0.4 is 10.6 Å². The summed E-state index contributed by atoms with van der Waals surface area (Å²) < 4.78 is 1.20. The molecule has 3 rings (SSSR count). The highest BCUT2D eigenvalue weighted by atomic mass is 79.9. The summed E-state index contributed by atoms with van der Waals surface area (Å²) in [5.74, 6) is 0. The van der Waals surface area contributed by atoms with Crippen LogP contribution in [0.3, 0.4) is 0 Å². The largest absolute Gasteiger partial charge is 0.399 e. The molecule has 1 aliphatic rings. The maximum absolute atomic E-state index is 5.81. The van der Waals surface area contributed by atoms with Crippen LogP contribution >= 0.6 is 27.3 Å². The molecule has 88 valence electrons. The Bertz CT molecular complexity index is 550. The van der Waals surface area contributed by atoms with E-state index < -0.39 is 0 Å². The summed E-state index contributed by atoms with van der Waals surface area (Å²) >= 11 is 5.31. The van der Waals surface area contributed by atoms with E-state index in [4.69, 9.17) is 5.73 Å². The number of rotatable bonds is 2. The molecule has 0 aliphatic carbocycles. The van der Waals surface area contributed by atoms with Crippen LogP contribution in [0.4, 0.5) is 11.4 Å². The van der Waals surface area contributed by atoms with Crippen LogP contribution in [-0.4, -0.2) is 6.54 Å². The minimum Gasteiger partial charge on any atom is -0.399 e. The number of thiophene rings is 1. The number of anilines is 2. The summed E-state index contributed by atoms with van der Waals surface area (Å²) in [5, 5.41) is 0. The molecule has 0 unspecified atom stereocenters. The fraction of sp³-hybridized carbons (Fsp3) is 0.231. The minimum atomic E-state index is 0.865. The molecule has 1 aromatic carbocycles. The Morgan fingerprint density at radius 2 is 2.18 bits per heavy atom. The predicted molar refractivity (Wildman–Crippen MR) is 77.6 cm³/mol. The smallest absolute Gasteiger partial charge is 0.0702 e. The highest BCUT2D eigenvalue weighted by molar-refractivity contribution is 9.11. The average molecular weight is 309 g/mol. The molecule has 0 saturated heterocycles. The summed E-state index contributed by atoms with van der Waals surface area (Å²) in [6.07, 6.45) is 1.10. The van der Waals surface area contributed by atoms with E-state index >= 15 is 0 Å². The molecule has 1 aromatic heterocycles. The van der Waals surface area contributed by atoms with Crippen molar-refractivity contribution >= 4 is 38.6 Å². The average Bonchev–Trinajstić information content (AvgIpc) is 2.86. The topological polar surface area (TPSA) is 29.3 Å². The lowest BCUT2D eigenvalue weighted by molar-refractivity contribution is 0.846. The molecule has 0 saturated carbocycles. The van der Waals surface area contributed by atoms with Crippen LogP contribution in [0.5, 0.6) is 0 Å². The maximum Gasteiger partial charge on any atom is 0.0702 e. The van der Waals surface area contributed by atoms with E-state index in [-0.39, 0.29) is 0 Å². The molecule has 0 spiro atoms. The van der Waals surface area contributed by atoms with Gasteiger partial charge in [-0.15, -0.1) is 11.3 Å². The maximum atomic E-state index is 5.81. The monoisotopic (exact) mass is 308 g/mol. The summed E-state index contributed by atoms with van der Waals surface area (Å²) in [7, 11) is 0. The number of benzene rings is 1. The quantitative estimate of drug-likeness (QED) is 0.858. The predicted octanol–water partition coefficient (Wildman–Crippen LogP) is 3.66. The number of nitrogen functional groups attached to an aromatic ring is 1. The van der Waals surface area contributed by atoms with Crippen molar-refractivity contribution in [3.8, 4) is 0 Å². The van der Waals surface area contributed by atoms with Crippen LogP contribution in [0.2, 0.25) is 0 Å². The first-order valence-corrected chi connectivity index (χ1v) is 7.21. The van der Waals surface area contributed by atoms with Gasteiger partial charge in [0.2, 0.25) is 0 Å². The second-order valence-corrected chi connectivity index (χ2v) is 6.81. The number of nitrogens with zero attached hydrogens (tertiary/aromatic N) is 1. The third-order valence-electron chi connectivity index (χ3n) is 3.07. The minimum absolute atomic E-state index is 0.865. The summed E-state index contributed by atoms with van der Waals surface area (Å²) in [6, 6.07) is 10.5. The van der Waals surface area contributed by atoms with E-state index in [0.717, 1.165) is 25.2 Å². The van der Waals surface area contributed by atoms with Crippen molar-refractivity contribution in [3.63, 3.8) is 0 Å². The molecular formula is C13H13BrN2S. The van der Waals surface area contributed by atoms with Gasteiger partial charge in [-0.1, -0.05) is 0 Å². The Hall–Kier alpha value is -1.000. The number of fused-ring (bicyclic) bond motifs is 1. The van der Waals surface area contributed by atoms with Gasteiger partial charge >= 0.3 is 0 Å². The fourth-order valence-corrected chi connectivity index (χ4v) is 3.78. The first-order valence-electron chi connectivity index (χ1n) is 5.60. The normalized spacial score (nSPS) is 14.1. The number of nitrogens with two attached hydrogens (primary N) is 1. The van der Waals surface area contributed by atoms with E-state index in [1.165, 1.54) is 19.9 Å². The molecule has 0 fully saturated rings. The van der Waals surface area contributed by atoms with Crippen LogP contribution in [-0.2, 0) is 13.0 Å². The molecule has 17 heavy (non-hydrogen) atoms. The van der Waals surface area contributed by atoms with Crippen molar-refractivity contribution in [2.24, 2.45) is 0 Å². The third kappa shape index (κ3) is 2.19. The van der Waals surface area contributed by atoms with Crippen LogP contribution in [0.25, 0.3) is 0 Å². The molecule has 0 atom stereocenters. The fourth-order valence-electron chi connectivity index (χ4n) is 2.28. The summed E-state index contributed by atoms with van der Waals surface area (Å²) in [4.78, 5) is 3.81. The first-order chi connectivity index (χ1) is 8.22. The van der Waals surface area contributed by atoms with Crippen molar-refractivity contribution in [3.05, 3.63) is 44.6 Å². The molecule has 1 aliphatic heterocycles. The van der Waals surface area contributed by atoms with Gasteiger partial charge in [0.15, 0.2) is 0 Å². The van der Waals surface area contributed by atoms with E-state index in [0.29, 0.717) is 0 Å². The number of halogens is 1. The lowest BCUT2D eigenvalue weighted by atomic mass is 10.1. The van der Waals surface area contributed by atoms with Gasteiger partial charge in [-0.25, -0.2) is 0 Å². The summed E-state index contributed by atoms with van der Waals surface area (Å²) in [6.45, 7) is 2.08. The third-order valence-corrected chi connectivity index (χ3v) is 4.68. The van der Waals surface area contributed by atoms with Crippen LogP contribution in [0, 0.1) is 0 Å². The summed E-state index contributed by atoms with van der Waals surface area (Å²) in [5.41, 5.74) is 9.39. The zero-order valence-corrected chi connectivity index (χ0v) is 11.7. The number of hydrogen-bond donors (Lipinski definition) is 1. The second-order valence-electron chi connectivity index (χ2n) is 4.27. The molecule has 2 nitrogen and oxygen atoms in total. The Kier molecular flexibility index (Phi) is 2.84. The molecule has 4 heteroatoms. The van der Waals surface area contributed by atoms with Crippen molar-refractivity contribution in [2.75, 3.05) is 17.2 Å². The van der Waals surface area contributed by atoms with Crippen LogP contribution in [0.15, 0.2) is 34.1 Å². The van der Waals surface area contributed by atoms with Gasteiger partial charge in [-0.05, 0) is 58.2 Å². The standard InChI is InChI=1S/C13H13BrN2S/c14-13-4-2-11(17-13)8-16-6-5-9-7-10(15)1-3-12(9)16/h1-4,7H,5-6,8,15H2. The highest BCUT2D eigenvalue weighted by Crippen LogP contribution is 2.32. The second kappa shape index (κ2) is 4.35. The molecule has 0 radical (unpaired) electrons. The van der Waals surface area contributed by atoms with E-state index in [1.54, 1.807) is 11.3 Å². The van der Waals surface area contributed by atoms with E-state index in [1.807, 2.05) is 6.07 Å². The molecule has 2 heterocycles. The SMILES string of the molecule is Nc1ccc2c(c1)CCN2Cc1ccc(Br)s1. The molecule has 0 bridgehead atoms. The Morgan fingerprint density at radius 3 is 2.94 bits per heavy atom. The van der Waals surface area contributed by atoms with Crippen LogP contribution in [0.1, 0.15) is 10.4 Å². The van der Waals surface area contributed by atoms with E-state index in [9.17, 15) is 0 Å². The Morgan fingerprint density at radius 1 is 1.29 bits per heavy atom. The van der Waals surface area contributed by atoms with Crippen molar-refractivity contribution in [1.29, 1.82) is 0 Å². The lowest BCUT2D eigenvalue weighted by Gasteiger charge is -2.18. The molecule has 0 amide bonds. The molecular weight excluding hydrogens is 296 g/mol. The Labute approximate surface area is 113 Å². The van der Waals surface area contributed by atoms with Crippen molar-refractivity contribution in [2.45, 2.75) is 13.0 Å². The molecule has 2 aromatic rings.